The molecular formula is C48H92O5. The Bertz CT molecular complexity index is 765. The molecule has 0 aliphatic rings. The van der Waals surface area contributed by atoms with E-state index in [0.29, 0.717) is 12.8 Å². The number of esters is 2. The van der Waals surface area contributed by atoms with Crippen molar-refractivity contribution in [3.63, 3.8) is 0 Å². The van der Waals surface area contributed by atoms with Crippen molar-refractivity contribution in [2.24, 2.45) is 0 Å². The Hall–Kier alpha value is -1.36. The molecular weight excluding hydrogens is 657 g/mol. The lowest BCUT2D eigenvalue weighted by Gasteiger charge is -2.15. The fourth-order valence-electron chi connectivity index (χ4n) is 7.20. The number of carbonyl (C=O) groups is 2. The Morgan fingerprint density at radius 1 is 0.415 bits per heavy atom. The van der Waals surface area contributed by atoms with Crippen LogP contribution < -0.4 is 0 Å². The molecule has 0 radical (unpaired) electrons. The normalized spacial score (nSPS) is 12.1. The minimum atomic E-state index is -0.765. The van der Waals surface area contributed by atoms with Gasteiger partial charge in [0.15, 0.2) is 6.10 Å². The van der Waals surface area contributed by atoms with E-state index >= 15 is 0 Å². The highest BCUT2D eigenvalue weighted by Crippen LogP contribution is 2.16. The van der Waals surface area contributed by atoms with Crippen molar-refractivity contribution in [3.05, 3.63) is 12.2 Å². The van der Waals surface area contributed by atoms with Gasteiger partial charge in [-0.2, -0.15) is 0 Å². The lowest BCUT2D eigenvalue weighted by Crippen LogP contribution is -2.28. The van der Waals surface area contributed by atoms with Crippen LogP contribution in [0.2, 0.25) is 0 Å². The van der Waals surface area contributed by atoms with Crippen LogP contribution in [-0.2, 0) is 19.1 Å². The quantitative estimate of drug-likeness (QED) is 0.0381. The number of hydrogen-bond donors (Lipinski definition) is 1. The highest BCUT2D eigenvalue weighted by Gasteiger charge is 2.16. The predicted molar refractivity (Wildman–Crippen MR) is 228 cm³/mol. The first-order valence-corrected chi connectivity index (χ1v) is 23.7. The molecule has 0 heterocycles. The van der Waals surface area contributed by atoms with Gasteiger partial charge in [0.25, 0.3) is 0 Å². The average molecular weight is 749 g/mol. The average Bonchev–Trinajstić information content (AvgIpc) is 3.16. The fraction of sp³-hybridized carbons (Fsp3) is 0.917. The third kappa shape index (κ3) is 43.2. The van der Waals surface area contributed by atoms with Crippen molar-refractivity contribution in [2.45, 2.75) is 270 Å². The van der Waals surface area contributed by atoms with Crippen molar-refractivity contribution in [1.82, 2.24) is 0 Å². The first-order chi connectivity index (χ1) is 26.1. The zero-order chi connectivity index (χ0) is 38.6. The summed E-state index contributed by atoms with van der Waals surface area (Å²) in [7, 11) is 0. The topological polar surface area (TPSA) is 72.8 Å². The van der Waals surface area contributed by atoms with E-state index in [4.69, 9.17) is 9.47 Å². The Labute approximate surface area is 331 Å². The van der Waals surface area contributed by atoms with Crippen LogP contribution in [0.3, 0.4) is 0 Å². The molecule has 0 aliphatic carbocycles. The van der Waals surface area contributed by atoms with Gasteiger partial charge in [-0.05, 0) is 38.5 Å². The second kappa shape index (κ2) is 45.0. The molecule has 0 saturated carbocycles. The van der Waals surface area contributed by atoms with Crippen molar-refractivity contribution >= 4 is 11.9 Å². The van der Waals surface area contributed by atoms with Gasteiger partial charge in [0.05, 0.1) is 6.61 Å². The first kappa shape index (κ1) is 51.6. The summed E-state index contributed by atoms with van der Waals surface area (Å²) < 4.78 is 10.7. The molecule has 0 aromatic carbocycles. The highest BCUT2D eigenvalue weighted by molar-refractivity contribution is 5.70. The molecule has 0 amide bonds. The predicted octanol–water partition coefficient (Wildman–Crippen LogP) is 15.2. The van der Waals surface area contributed by atoms with Gasteiger partial charge in [-0.25, -0.2) is 0 Å². The molecule has 0 aromatic rings. The zero-order valence-electron chi connectivity index (χ0n) is 35.8. The molecule has 0 spiro atoms. The number of unbranched alkanes of at least 4 members (excludes halogenated alkanes) is 34. The third-order valence-corrected chi connectivity index (χ3v) is 10.8. The summed E-state index contributed by atoms with van der Waals surface area (Å²) in [4.78, 5) is 24.4. The molecule has 0 fully saturated rings. The minimum Gasteiger partial charge on any atom is -0.462 e. The highest BCUT2D eigenvalue weighted by atomic mass is 16.6. The number of hydrogen-bond acceptors (Lipinski definition) is 5. The molecule has 1 N–H and O–H groups in total. The van der Waals surface area contributed by atoms with E-state index in [1.165, 1.54) is 199 Å². The van der Waals surface area contributed by atoms with Gasteiger partial charge in [-0.1, -0.05) is 225 Å². The molecule has 1 atom stereocenters. The number of allylic oxidation sites excluding steroid dienone is 2. The lowest BCUT2D eigenvalue weighted by molar-refractivity contribution is -0.161. The van der Waals surface area contributed by atoms with Crippen LogP contribution >= 0.6 is 0 Å². The fourth-order valence-corrected chi connectivity index (χ4v) is 7.20. The van der Waals surface area contributed by atoms with Gasteiger partial charge >= 0.3 is 11.9 Å². The molecule has 0 bridgehead atoms. The van der Waals surface area contributed by atoms with Crippen LogP contribution in [0.15, 0.2) is 12.2 Å². The van der Waals surface area contributed by atoms with Crippen LogP contribution in [0.5, 0.6) is 0 Å². The molecule has 5 nitrogen and oxygen atoms in total. The minimum absolute atomic E-state index is 0.0594. The number of carbonyl (C=O) groups excluding carboxylic acids is 2. The van der Waals surface area contributed by atoms with Crippen LogP contribution in [0.4, 0.5) is 0 Å². The molecule has 0 rings (SSSR count). The summed E-state index contributed by atoms with van der Waals surface area (Å²) in [6.45, 7) is 4.17. The standard InChI is InChI=1S/C48H92O5/c1-3-5-7-9-11-13-15-17-19-21-23-24-25-27-28-30-32-34-36-38-40-42-47(50)52-45-46(44-49)53-48(51)43-41-39-37-35-33-31-29-26-22-20-18-16-14-12-10-8-6-4-2/h17,19,46,49H,3-16,18,20-45H2,1-2H3/b19-17+/t46-/m0/s1. The largest absolute Gasteiger partial charge is 0.462 e. The Morgan fingerprint density at radius 2 is 0.698 bits per heavy atom. The van der Waals surface area contributed by atoms with E-state index < -0.39 is 6.10 Å². The molecule has 0 aromatic heterocycles. The van der Waals surface area contributed by atoms with Gasteiger partial charge in [-0.3, -0.25) is 9.59 Å². The number of ether oxygens (including phenoxy) is 2. The summed E-state index contributed by atoms with van der Waals surface area (Å²) in [6.07, 6.45) is 52.9. The van der Waals surface area contributed by atoms with E-state index in [-0.39, 0.29) is 25.2 Å². The van der Waals surface area contributed by atoms with E-state index in [0.717, 1.165) is 38.5 Å². The maximum absolute atomic E-state index is 12.2. The van der Waals surface area contributed by atoms with Crippen LogP contribution in [0.1, 0.15) is 264 Å². The third-order valence-electron chi connectivity index (χ3n) is 10.8. The van der Waals surface area contributed by atoms with Gasteiger partial charge in [0.1, 0.15) is 6.61 Å². The van der Waals surface area contributed by atoms with Crippen molar-refractivity contribution in [2.75, 3.05) is 13.2 Å². The monoisotopic (exact) mass is 749 g/mol. The lowest BCUT2D eigenvalue weighted by atomic mass is 10.0. The molecule has 314 valence electrons. The van der Waals surface area contributed by atoms with Gasteiger partial charge in [0.2, 0.25) is 0 Å². The first-order valence-electron chi connectivity index (χ1n) is 23.7. The molecule has 0 aliphatic heterocycles. The summed E-state index contributed by atoms with van der Waals surface area (Å²) >= 11 is 0. The summed E-state index contributed by atoms with van der Waals surface area (Å²) in [5.74, 6) is -0.574. The van der Waals surface area contributed by atoms with Crippen LogP contribution in [-0.4, -0.2) is 36.4 Å². The number of aliphatic hydroxyl groups is 1. The van der Waals surface area contributed by atoms with E-state index in [1.807, 2.05) is 0 Å². The van der Waals surface area contributed by atoms with Gasteiger partial charge < -0.3 is 14.6 Å². The Kier molecular flexibility index (Phi) is 43.9. The van der Waals surface area contributed by atoms with Crippen molar-refractivity contribution < 1.29 is 24.2 Å². The maximum Gasteiger partial charge on any atom is 0.306 e. The number of rotatable bonds is 44. The zero-order valence-corrected chi connectivity index (χ0v) is 35.8. The molecule has 5 heteroatoms. The van der Waals surface area contributed by atoms with E-state index in [1.54, 1.807) is 0 Å². The SMILES string of the molecule is CCCCCCCC/C=C/CCCCCCCCCCCCCC(=O)OC[C@H](CO)OC(=O)CCCCCCCCCCCCCCCCCCCC. The summed E-state index contributed by atoms with van der Waals surface area (Å²) in [6, 6.07) is 0. The maximum atomic E-state index is 12.2. The second-order valence-electron chi connectivity index (χ2n) is 16.2. The smallest absolute Gasteiger partial charge is 0.306 e. The summed E-state index contributed by atoms with van der Waals surface area (Å²) in [5.41, 5.74) is 0. The van der Waals surface area contributed by atoms with Gasteiger partial charge in [-0.15, -0.1) is 0 Å². The van der Waals surface area contributed by atoms with Crippen molar-refractivity contribution in [1.29, 1.82) is 0 Å². The van der Waals surface area contributed by atoms with E-state index in [2.05, 4.69) is 26.0 Å². The molecule has 0 saturated heterocycles. The van der Waals surface area contributed by atoms with Crippen LogP contribution in [0, 0.1) is 0 Å². The number of aliphatic hydroxyl groups excluding tert-OH is 1. The van der Waals surface area contributed by atoms with Crippen LogP contribution in [0.25, 0.3) is 0 Å². The second-order valence-corrected chi connectivity index (χ2v) is 16.2. The van der Waals surface area contributed by atoms with Crippen molar-refractivity contribution in [3.8, 4) is 0 Å². The van der Waals surface area contributed by atoms with Gasteiger partial charge in [0, 0.05) is 12.8 Å². The summed E-state index contributed by atoms with van der Waals surface area (Å²) in [5, 5.41) is 9.60. The molecule has 53 heavy (non-hydrogen) atoms. The van der Waals surface area contributed by atoms with E-state index in [9.17, 15) is 14.7 Å². The Balaban J connectivity index is 3.46. The Morgan fingerprint density at radius 3 is 1.02 bits per heavy atom. The molecule has 0 unspecified atom stereocenters.